The first-order chi connectivity index (χ1) is 19.6. The van der Waals surface area contributed by atoms with Crippen molar-refractivity contribution >= 4 is 21.6 Å². The van der Waals surface area contributed by atoms with E-state index in [-0.39, 0.29) is 28.5 Å². The molecule has 10 heteroatoms. The first kappa shape index (κ1) is 27.7. The molecule has 0 radical (unpaired) electrons. The Labute approximate surface area is 237 Å². The second-order valence-electron chi connectivity index (χ2n) is 9.48. The van der Waals surface area contributed by atoms with Gasteiger partial charge in [-0.25, -0.2) is 17.9 Å². The van der Waals surface area contributed by atoms with E-state index in [1.807, 2.05) is 26.0 Å². The van der Waals surface area contributed by atoms with Crippen molar-refractivity contribution in [2.45, 2.75) is 37.5 Å². The van der Waals surface area contributed by atoms with E-state index >= 15 is 0 Å². The number of esters is 1. The van der Waals surface area contributed by atoms with Gasteiger partial charge in [-0.2, -0.15) is 5.10 Å². The third-order valence-corrected chi connectivity index (χ3v) is 8.40. The lowest BCUT2D eigenvalue weighted by atomic mass is 10.0. The summed E-state index contributed by atoms with van der Waals surface area (Å²) < 4.78 is 40.2. The van der Waals surface area contributed by atoms with Crippen LogP contribution in [0.25, 0.3) is 17.0 Å². The van der Waals surface area contributed by atoms with Gasteiger partial charge in [0.2, 0.25) is 15.6 Å². The zero-order valence-electron chi connectivity index (χ0n) is 22.9. The second-order valence-corrected chi connectivity index (χ2v) is 11.4. The number of aromatic nitrogens is 3. The number of aryl methyl sites for hydroxylation is 2. The Morgan fingerprint density at radius 1 is 0.854 bits per heavy atom. The van der Waals surface area contributed by atoms with Gasteiger partial charge in [0.25, 0.3) is 0 Å². The highest BCUT2D eigenvalue weighted by Crippen LogP contribution is 2.36. The van der Waals surface area contributed by atoms with Crippen molar-refractivity contribution in [2.24, 2.45) is 0 Å². The van der Waals surface area contributed by atoms with Crippen molar-refractivity contribution in [3.63, 3.8) is 0 Å². The van der Waals surface area contributed by atoms with Crippen LogP contribution in [0, 0.1) is 20.8 Å². The van der Waals surface area contributed by atoms with E-state index in [0.717, 1.165) is 11.1 Å². The summed E-state index contributed by atoms with van der Waals surface area (Å²) in [6.07, 6.45) is 0. The molecule has 0 atom stereocenters. The van der Waals surface area contributed by atoms with Crippen LogP contribution in [-0.4, -0.2) is 41.7 Å². The van der Waals surface area contributed by atoms with E-state index in [1.54, 1.807) is 68.4 Å². The molecule has 5 rings (SSSR count). The summed E-state index contributed by atoms with van der Waals surface area (Å²) in [5.41, 5.74) is 2.48. The third kappa shape index (κ3) is 5.09. The van der Waals surface area contributed by atoms with Crippen molar-refractivity contribution in [3.8, 4) is 17.0 Å². The Bertz CT molecular complexity index is 1850. The minimum Gasteiger partial charge on any atom is -0.461 e. The number of hydrogen-bond acceptors (Lipinski definition) is 8. The number of carbonyl (C=O) groups excluding carboxylic acids is 2. The number of rotatable bonds is 8. The van der Waals surface area contributed by atoms with Gasteiger partial charge in [-0.1, -0.05) is 70.9 Å². The molecule has 3 aromatic carbocycles. The Morgan fingerprint density at radius 3 is 2.07 bits per heavy atom. The number of benzene rings is 3. The molecule has 0 aliphatic carbocycles. The molecule has 9 nitrogen and oxygen atoms in total. The maximum atomic E-state index is 14.2. The molecular weight excluding hydrogens is 542 g/mol. The second kappa shape index (κ2) is 11.0. The molecule has 2 aromatic heterocycles. The standard InChI is InChI=1S/C31H27N3O6S/c1-5-39-31(36)26-25(21(4)34(32-26)23-17-13-20(3)14-18-23)28(35)27-30(41(37,38)24-9-7-6-8-10-24)29(40-33-27)22-15-11-19(2)12-16-22/h6-18H,5H2,1-4H3. The van der Waals surface area contributed by atoms with E-state index in [9.17, 15) is 18.0 Å². The van der Waals surface area contributed by atoms with Gasteiger partial charge in [0.05, 0.1) is 28.4 Å². The summed E-state index contributed by atoms with van der Waals surface area (Å²) in [6, 6.07) is 22.1. The first-order valence-corrected chi connectivity index (χ1v) is 14.4. The smallest absolute Gasteiger partial charge is 0.359 e. The van der Waals surface area contributed by atoms with Gasteiger partial charge >= 0.3 is 5.97 Å². The number of ketones is 1. The summed E-state index contributed by atoms with van der Waals surface area (Å²) in [5.74, 6) is -1.74. The summed E-state index contributed by atoms with van der Waals surface area (Å²) in [6.45, 7) is 7.14. The van der Waals surface area contributed by atoms with Crippen molar-refractivity contribution in [3.05, 3.63) is 113 Å². The molecule has 0 unspecified atom stereocenters. The van der Waals surface area contributed by atoms with E-state index in [4.69, 9.17) is 9.26 Å². The van der Waals surface area contributed by atoms with E-state index in [1.165, 1.54) is 16.8 Å². The minimum absolute atomic E-state index is 0.0386. The fraction of sp³-hybridized carbons (Fsp3) is 0.161. The predicted octanol–water partition coefficient (Wildman–Crippen LogP) is 5.69. The quantitative estimate of drug-likeness (QED) is 0.173. The Balaban J connectivity index is 1.75. The molecule has 0 saturated carbocycles. The normalized spacial score (nSPS) is 11.4. The van der Waals surface area contributed by atoms with Crippen molar-refractivity contribution in [2.75, 3.05) is 6.61 Å². The van der Waals surface area contributed by atoms with Crippen LogP contribution in [0.3, 0.4) is 0 Å². The molecule has 0 amide bonds. The van der Waals surface area contributed by atoms with E-state index in [2.05, 4.69) is 10.3 Å². The van der Waals surface area contributed by atoms with Crippen LogP contribution in [0.1, 0.15) is 50.3 Å². The van der Waals surface area contributed by atoms with E-state index in [0.29, 0.717) is 16.9 Å². The average molecular weight is 570 g/mol. The number of sulfone groups is 1. The Morgan fingerprint density at radius 2 is 1.46 bits per heavy atom. The first-order valence-electron chi connectivity index (χ1n) is 12.9. The van der Waals surface area contributed by atoms with Crippen molar-refractivity contribution in [1.29, 1.82) is 0 Å². The molecule has 0 bridgehead atoms. The molecule has 2 heterocycles. The average Bonchev–Trinajstić information content (AvgIpc) is 3.57. The topological polar surface area (TPSA) is 121 Å². The zero-order chi connectivity index (χ0) is 29.3. The van der Waals surface area contributed by atoms with Crippen molar-refractivity contribution < 1.29 is 27.3 Å². The van der Waals surface area contributed by atoms with Crippen molar-refractivity contribution in [1.82, 2.24) is 14.9 Å². The molecule has 5 aromatic rings. The number of ether oxygens (including phenoxy) is 1. The summed E-state index contributed by atoms with van der Waals surface area (Å²) in [4.78, 5) is 26.8. The lowest BCUT2D eigenvalue weighted by Gasteiger charge is -2.08. The van der Waals surface area contributed by atoms with Gasteiger partial charge < -0.3 is 9.26 Å². The highest BCUT2D eigenvalue weighted by molar-refractivity contribution is 7.91. The van der Waals surface area contributed by atoms with Gasteiger partial charge in [0, 0.05) is 5.56 Å². The van der Waals surface area contributed by atoms with Crippen LogP contribution < -0.4 is 0 Å². The molecular formula is C31H27N3O6S. The molecule has 0 saturated heterocycles. The summed E-state index contributed by atoms with van der Waals surface area (Å²) in [5, 5.41) is 8.38. The van der Waals surface area contributed by atoms with Crippen LogP contribution in [0.5, 0.6) is 0 Å². The molecule has 0 aliphatic rings. The van der Waals surface area contributed by atoms with Gasteiger partial charge in [-0.15, -0.1) is 0 Å². The van der Waals surface area contributed by atoms with Crippen LogP contribution in [0.4, 0.5) is 0 Å². The van der Waals surface area contributed by atoms with Gasteiger partial charge in [-0.3, -0.25) is 4.79 Å². The van der Waals surface area contributed by atoms with E-state index < -0.39 is 32.2 Å². The number of hydrogen-bond donors (Lipinski definition) is 0. The van der Waals surface area contributed by atoms with Gasteiger partial charge in [0.1, 0.15) is 0 Å². The summed E-state index contributed by atoms with van der Waals surface area (Å²) >= 11 is 0. The third-order valence-electron chi connectivity index (χ3n) is 6.59. The van der Waals surface area contributed by atoms with Gasteiger partial charge in [0.15, 0.2) is 22.0 Å². The van der Waals surface area contributed by atoms with Crippen LogP contribution in [0.15, 0.2) is 93.2 Å². The largest absolute Gasteiger partial charge is 0.461 e. The molecule has 41 heavy (non-hydrogen) atoms. The molecule has 0 fully saturated rings. The maximum absolute atomic E-state index is 14.2. The lowest BCUT2D eigenvalue weighted by molar-refractivity contribution is 0.0516. The zero-order valence-corrected chi connectivity index (χ0v) is 23.7. The highest BCUT2D eigenvalue weighted by atomic mass is 32.2. The van der Waals surface area contributed by atoms with Crippen LogP contribution in [-0.2, 0) is 14.6 Å². The Hall–Kier alpha value is -4.83. The highest BCUT2D eigenvalue weighted by Gasteiger charge is 2.38. The van der Waals surface area contributed by atoms with Crippen LogP contribution in [0.2, 0.25) is 0 Å². The molecule has 0 spiro atoms. The lowest BCUT2D eigenvalue weighted by Crippen LogP contribution is -2.15. The van der Waals surface area contributed by atoms with Gasteiger partial charge in [-0.05, 0) is 52.0 Å². The molecule has 208 valence electrons. The number of carbonyl (C=O) groups is 2. The fourth-order valence-corrected chi connectivity index (χ4v) is 5.99. The fourth-order valence-electron chi connectivity index (χ4n) is 4.45. The molecule has 0 aliphatic heterocycles. The molecule has 0 N–H and O–H groups in total. The SMILES string of the molecule is CCOC(=O)c1nn(-c2ccc(C)cc2)c(C)c1C(=O)c1noc(-c2ccc(C)cc2)c1S(=O)(=O)c1ccccc1. The number of nitrogens with zero attached hydrogens (tertiary/aromatic N) is 3. The Kier molecular flexibility index (Phi) is 7.42. The monoisotopic (exact) mass is 569 g/mol. The van der Waals surface area contributed by atoms with Crippen LogP contribution >= 0.6 is 0 Å². The summed E-state index contributed by atoms with van der Waals surface area (Å²) in [7, 11) is -4.30. The predicted molar refractivity (Wildman–Crippen MR) is 151 cm³/mol. The maximum Gasteiger partial charge on any atom is 0.359 e. The minimum atomic E-state index is -4.30.